The first-order chi connectivity index (χ1) is 12.6. The molecular formula is C19H37NO6S. The zero-order valence-electron chi connectivity index (χ0n) is 18.3. The minimum Gasteiger partial charge on any atom is -0.444 e. The molecule has 0 saturated carbocycles. The molecule has 27 heavy (non-hydrogen) atoms. The molecule has 0 aromatic heterocycles. The van der Waals surface area contributed by atoms with E-state index in [-0.39, 0.29) is 29.6 Å². The molecule has 1 amide bonds. The summed E-state index contributed by atoms with van der Waals surface area (Å²) < 4.78 is 15.0. The van der Waals surface area contributed by atoms with E-state index < -0.39 is 17.8 Å². The fraction of sp³-hybridized carbons (Fsp3) is 0.842. The van der Waals surface area contributed by atoms with Crippen LogP contribution in [-0.2, 0) is 19.0 Å². The van der Waals surface area contributed by atoms with Gasteiger partial charge in [0.15, 0.2) is 5.78 Å². The molecule has 0 aromatic rings. The van der Waals surface area contributed by atoms with E-state index in [1.54, 1.807) is 34.6 Å². The number of hydrogen-bond donors (Lipinski definition) is 0. The number of hydrogen-bond acceptors (Lipinski definition) is 7. The van der Waals surface area contributed by atoms with Gasteiger partial charge in [-0.1, -0.05) is 27.7 Å². The van der Waals surface area contributed by atoms with Crippen molar-refractivity contribution in [2.45, 2.75) is 85.7 Å². The molecule has 1 heterocycles. The van der Waals surface area contributed by atoms with Crippen LogP contribution >= 0.6 is 11.8 Å². The lowest BCUT2D eigenvalue weighted by Gasteiger charge is -2.32. The summed E-state index contributed by atoms with van der Waals surface area (Å²) in [7, 11) is 0. The van der Waals surface area contributed by atoms with Crippen molar-refractivity contribution in [3.63, 3.8) is 0 Å². The summed E-state index contributed by atoms with van der Waals surface area (Å²) in [5.41, 5.74) is -0.587. The standard InChI is InChI=1S/C15H25NO6S.2C2H6/c1-10(2)21-14(19)20-9-23-12-6-7-16(8-11(12)17)13(18)22-15(3,4)5;2*1-2/h10,12H,6-9H2,1-5H3;2*1-2H3. The Morgan fingerprint density at radius 1 is 1.19 bits per heavy atom. The second kappa shape index (κ2) is 14.6. The largest absolute Gasteiger partial charge is 0.509 e. The number of likely N-dealkylation sites (tertiary alicyclic amines) is 1. The van der Waals surface area contributed by atoms with Crippen molar-refractivity contribution in [3.8, 4) is 0 Å². The molecule has 1 fully saturated rings. The van der Waals surface area contributed by atoms with Crippen LogP contribution in [0.15, 0.2) is 0 Å². The number of Topliss-reactive ketones (excluding diaryl/α,β-unsaturated/α-hetero) is 1. The number of thioether (sulfide) groups is 1. The van der Waals surface area contributed by atoms with Gasteiger partial charge in [0.25, 0.3) is 0 Å². The first-order valence-corrected chi connectivity index (χ1v) is 10.6. The maximum atomic E-state index is 12.1. The average molecular weight is 408 g/mol. The van der Waals surface area contributed by atoms with Gasteiger partial charge < -0.3 is 19.1 Å². The Morgan fingerprint density at radius 3 is 2.19 bits per heavy atom. The second-order valence-corrected chi connectivity index (χ2v) is 7.63. The molecule has 1 unspecified atom stereocenters. The Balaban J connectivity index is 0. The van der Waals surface area contributed by atoms with Gasteiger partial charge in [0.2, 0.25) is 0 Å². The topological polar surface area (TPSA) is 82.1 Å². The molecule has 0 aromatic carbocycles. The van der Waals surface area contributed by atoms with E-state index in [2.05, 4.69) is 0 Å². The van der Waals surface area contributed by atoms with Crippen LogP contribution in [0.25, 0.3) is 0 Å². The van der Waals surface area contributed by atoms with E-state index >= 15 is 0 Å². The van der Waals surface area contributed by atoms with Gasteiger partial charge in [0.05, 0.1) is 17.9 Å². The first-order valence-electron chi connectivity index (χ1n) is 9.54. The number of amides is 1. The first kappa shape index (κ1) is 27.8. The van der Waals surface area contributed by atoms with Gasteiger partial charge in [-0.05, 0) is 41.0 Å². The summed E-state index contributed by atoms with van der Waals surface area (Å²) in [5.74, 6) is -0.0260. The van der Waals surface area contributed by atoms with Gasteiger partial charge in [0.1, 0.15) is 11.5 Å². The van der Waals surface area contributed by atoms with E-state index in [9.17, 15) is 14.4 Å². The molecule has 1 rings (SSSR count). The van der Waals surface area contributed by atoms with Gasteiger partial charge in [-0.3, -0.25) is 4.79 Å². The maximum Gasteiger partial charge on any atom is 0.509 e. The number of ether oxygens (including phenoxy) is 3. The zero-order chi connectivity index (χ0) is 21.6. The molecule has 8 heteroatoms. The van der Waals surface area contributed by atoms with E-state index in [1.165, 1.54) is 16.7 Å². The number of piperidine rings is 1. The molecule has 1 saturated heterocycles. The van der Waals surface area contributed by atoms with Crippen LogP contribution in [0.1, 0.15) is 68.7 Å². The molecule has 1 aliphatic rings. The molecule has 1 atom stereocenters. The van der Waals surface area contributed by atoms with Crippen LogP contribution in [0.2, 0.25) is 0 Å². The second-order valence-electron chi connectivity index (χ2n) is 6.49. The highest BCUT2D eigenvalue weighted by molar-refractivity contribution is 8.00. The minimum absolute atomic E-state index is 0.0169. The van der Waals surface area contributed by atoms with Crippen LogP contribution in [0.3, 0.4) is 0 Å². The van der Waals surface area contributed by atoms with Crippen molar-refractivity contribution in [2.75, 3.05) is 19.0 Å². The molecule has 160 valence electrons. The number of nitrogens with zero attached hydrogens (tertiary/aromatic N) is 1. The smallest absolute Gasteiger partial charge is 0.444 e. The molecule has 0 spiro atoms. The van der Waals surface area contributed by atoms with Crippen LogP contribution in [0, 0.1) is 0 Å². The fourth-order valence-electron chi connectivity index (χ4n) is 1.85. The Bertz CT molecular complexity index is 448. The van der Waals surface area contributed by atoms with Crippen LogP contribution < -0.4 is 0 Å². The molecule has 7 nitrogen and oxygen atoms in total. The number of carbonyl (C=O) groups is 3. The summed E-state index contributed by atoms with van der Waals surface area (Å²) >= 11 is 1.24. The fourth-order valence-corrected chi connectivity index (χ4v) is 2.71. The summed E-state index contributed by atoms with van der Waals surface area (Å²) in [6, 6.07) is 0. The molecule has 1 aliphatic heterocycles. The van der Waals surface area contributed by atoms with Crippen LogP contribution in [-0.4, -0.2) is 58.9 Å². The number of rotatable bonds is 4. The Labute approximate surface area is 168 Å². The van der Waals surface area contributed by atoms with E-state index in [0.717, 1.165) is 0 Å². The molecule has 0 radical (unpaired) electrons. The van der Waals surface area contributed by atoms with Crippen molar-refractivity contribution in [2.24, 2.45) is 0 Å². The minimum atomic E-state index is -0.744. The van der Waals surface area contributed by atoms with Gasteiger partial charge in [0, 0.05) is 6.54 Å². The highest BCUT2D eigenvalue weighted by Crippen LogP contribution is 2.22. The number of ketones is 1. The number of carbonyl (C=O) groups excluding carboxylic acids is 3. The summed E-state index contributed by atoms with van der Waals surface area (Å²) in [4.78, 5) is 36.7. The SMILES string of the molecule is CC.CC.CC(C)OC(=O)OCSC1CCN(C(=O)OC(C)(C)C)CC1=O. The third kappa shape index (κ3) is 13.4. The van der Waals surface area contributed by atoms with Crippen LogP contribution in [0.4, 0.5) is 9.59 Å². The van der Waals surface area contributed by atoms with Gasteiger partial charge in [-0.25, -0.2) is 9.59 Å². The quantitative estimate of drug-likeness (QED) is 0.485. The predicted octanol–water partition coefficient (Wildman–Crippen LogP) is 4.87. The Hall–Kier alpha value is -1.44. The zero-order valence-corrected chi connectivity index (χ0v) is 19.1. The lowest BCUT2D eigenvalue weighted by Crippen LogP contribution is -2.47. The van der Waals surface area contributed by atoms with Crippen LogP contribution in [0.5, 0.6) is 0 Å². The summed E-state index contributed by atoms with van der Waals surface area (Å²) in [6.07, 6.45) is -0.964. The van der Waals surface area contributed by atoms with Crippen molar-refractivity contribution in [1.82, 2.24) is 4.90 Å². The molecular weight excluding hydrogens is 370 g/mol. The van der Waals surface area contributed by atoms with Gasteiger partial charge in [-0.15, -0.1) is 11.8 Å². The van der Waals surface area contributed by atoms with E-state index in [0.29, 0.717) is 13.0 Å². The van der Waals surface area contributed by atoms with Crippen molar-refractivity contribution >= 4 is 29.8 Å². The third-order valence-electron chi connectivity index (χ3n) is 2.80. The van der Waals surface area contributed by atoms with Crippen molar-refractivity contribution in [1.29, 1.82) is 0 Å². The summed E-state index contributed by atoms with van der Waals surface area (Å²) in [5, 5.41) is -0.291. The summed E-state index contributed by atoms with van der Waals surface area (Å²) in [6.45, 7) is 17.3. The normalized spacial score (nSPS) is 16.4. The lowest BCUT2D eigenvalue weighted by molar-refractivity contribution is -0.121. The van der Waals surface area contributed by atoms with Crippen molar-refractivity contribution < 1.29 is 28.6 Å². The predicted molar refractivity (Wildman–Crippen MR) is 109 cm³/mol. The molecule has 0 aliphatic carbocycles. The van der Waals surface area contributed by atoms with Gasteiger partial charge >= 0.3 is 12.2 Å². The molecule has 0 N–H and O–H groups in total. The van der Waals surface area contributed by atoms with Gasteiger partial charge in [-0.2, -0.15) is 0 Å². The Kier molecular flexibility index (Phi) is 15.0. The maximum absolute atomic E-state index is 12.1. The Morgan fingerprint density at radius 2 is 1.74 bits per heavy atom. The highest BCUT2D eigenvalue weighted by atomic mass is 32.2. The highest BCUT2D eigenvalue weighted by Gasteiger charge is 2.32. The van der Waals surface area contributed by atoms with Crippen molar-refractivity contribution in [3.05, 3.63) is 0 Å². The lowest BCUT2D eigenvalue weighted by atomic mass is 10.1. The molecule has 0 bridgehead atoms. The van der Waals surface area contributed by atoms with E-state index in [1.807, 2.05) is 27.7 Å². The average Bonchev–Trinajstić information content (AvgIpc) is 2.57. The van der Waals surface area contributed by atoms with E-state index in [4.69, 9.17) is 14.2 Å². The third-order valence-corrected chi connectivity index (χ3v) is 3.95. The monoisotopic (exact) mass is 407 g/mol.